The van der Waals surface area contributed by atoms with E-state index >= 15 is 0 Å². The van der Waals surface area contributed by atoms with Gasteiger partial charge in [0, 0.05) is 5.92 Å². The van der Waals surface area contributed by atoms with Crippen LogP contribution in [0.3, 0.4) is 0 Å². The molecular weight excluding hydrogens is 263 g/mol. The highest BCUT2D eigenvalue weighted by atomic mass is 19.4. The van der Waals surface area contributed by atoms with Gasteiger partial charge in [0.05, 0.1) is 16.8 Å². The predicted octanol–water partition coefficient (Wildman–Crippen LogP) is 2.75. The van der Waals surface area contributed by atoms with Gasteiger partial charge >= 0.3 is 12.1 Å². The van der Waals surface area contributed by atoms with Crippen molar-refractivity contribution in [2.45, 2.75) is 19.0 Å². The molecule has 0 atom stereocenters. The molecule has 0 unspecified atom stereocenters. The van der Waals surface area contributed by atoms with Crippen LogP contribution in [-0.2, 0) is 11.0 Å². The maximum absolute atomic E-state index is 12.5. The first kappa shape index (κ1) is 13.4. The molecule has 0 bridgehead atoms. The van der Waals surface area contributed by atoms with Crippen molar-refractivity contribution in [1.29, 1.82) is 0 Å². The minimum atomic E-state index is -4.62. The normalized spacial score (nSPS) is 15.1. The quantitative estimate of drug-likeness (QED) is 0.889. The number of alkyl halides is 3. The van der Waals surface area contributed by atoms with Gasteiger partial charge in [-0.1, -0.05) is 0 Å². The number of nitrogens with one attached hydrogen (secondary N) is 1. The average molecular weight is 273 g/mol. The Labute approximate surface area is 106 Å². The van der Waals surface area contributed by atoms with E-state index < -0.39 is 23.3 Å². The third-order valence-electron chi connectivity index (χ3n) is 2.78. The van der Waals surface area contributed by atoms with Gasteiger partial charge in [0.1, 0.15) is 0 Å². The smallest absolute Gasteiger partial charge is 0.416 e. The van der Waals surface area contributed by atoms with Crippen LogP contribution < -0.4 is 5.32 Å². The van der Waals surface area contributed by atoms with Crippen molar-refractivity contribution >= 4 is 17.6 Å². The highest BCUT2D eigenvalue weighted by Crippen LogP contribution is 2.33. The fourth-order valence-corrected chi connectivity index (χ4v) is 1.59. The molecule has 4 nitrogen and oxygen atoms in total. The first-order valence-corrected chi connectivity index (χ1v) is 5.54. The Morgan fingerprint density at radius 3 is 2.37 bits per heavy atom. The van der Waals surface area contributed by atoms with E-state index in [9.17, 15) is 22.8 Å². The molecule has 0 heterocycles. The van der Waals surface area contributed by atoms with Crippen LogP contribution in [0.4, 0.5) is 18.9 Å². The minimum absolute atomic E-state index is 0.114. The highest BCUT2D eigenvalue weighted by molar-refractivity contribution is 6.01. The molecule has 1 saturated carbocycles. The Morgan fingerprint density at radius 1 is 1.26 bits per heavy atom. The van der Waals surface area contributed by atoms with Crippen LogP contribution >= 0.6 is 0 Å². The van der Waals surface area contributed by atoms with E-state index in [1.165, 1.54) is 0 Å². The summed E-state index contributed by atoms with van der Waals surface area (Å²) < 4.78 is 37.5. The van der Waals surface area contributed by atoms with E-state index in [1.54, 1.807) is 0 Å². The van der Waals surface area contributed by atoms with Gasteiger partial charge < -0.3 is 10.4 Å². The Bertz CT molecular complexity index is 536. The molecule has 0 radical (unpaired) electrons. The molecule has 0 aliphatic heterocycles. The summed E-state index contributed by atoms with van der Waals surface area (Å²) in [7, 11) is 0. The maximum atomic E-state index is 12.5. The van der Waals surface area contributed by atoms with Gasteiger partial charge in [-0.25, -0.2) is 4.79 Å². The summed E-state index contributed by atoms with van der Waals surface area (Å²) in [4.78, 5) is 22.5. The summed E-state index contributed by atoms with van der Waals surface area (Å²) in [6, 6.07) is 2.23. The van der Waals surface area contributed by atoms with Crippen LogP contribution in [0.2, 0.25) is 0 Å². The number of anilines is 1. The number of carbonyl (C=O) groups excluding carboxylic acids is 1. The summed E-state index contributed by atoms with van der Waals surface area (Å²) in [6.45, 7) is 0. The molecule has 0 saturated heterocycles. The van der Waals surface area contributed by atoms with Gasteiger partial charge in [-0.15, -0.1) is 0 Å². The molecule has 0 spiro atoms. The van der Waals surface area contributed by atoms with Crippen LogP contribution in [-0.4, -0.2) is 17.0 Å². The lowest BCUT2D eigenvalue weighted by atomic mass is 10.1. The zero-order valence-electron chi connectivity index (χ0n) is 9.62. The van der Waals surface area contributed by atoms with Gasteiger partial charge in [-0.3, -0.25) is 4.79 Å². The SMILES string of the molecule is O=C(O)c1cc(C(F)(F)F)ccc1NC(=O)C1CC1. The second-order valence-corrected chi connectivity index (χ2v) is 4.33. The van der Waals surface area contributed by atoms with E-state index in [4.69, 9.17) is 5.11 Å². The molecule has 19 heavy (non-hydrogen) atoms. The third-order valence-corrected chi connectivity index (χ3v) is 2.78. The number of carboxylic acid groups (broad SMARTS) is 1. The topological polar surface area (TPSA) is 66.4 Å². The van der Waals surface area contributed by atoms with E-state index in [-0.39, 0.29) is 17.5 Å². The monoisotopic (exact) mass is 273 g/mol. The van der Waals surface area contributed by atoms with Crippen molar-refractivity contribution in [3.63, 3.8) is 0 Å². The number of benzene rings is 1. The van der Waals surface area contributed by atoms with Gasteiger partial charge in [0.15, 0.2) is 0 Å². The van der Waals surface area contributed by atoms with Gasteiger partial charge in [0.2, 0.25) is 5.91 Å². The van der Waals surface area contributed by atoms with Gasteiger partial charge in [-0.05, 0) is 31.0 Å². The molecule has 102 valence electrons. The van der Waals surface area contributed by atoms with Crippen molar-refractivity contribution in [1.82, 2.24) is 0 Å². The zero-order valence-corrected chi connectivity index (χ0v) is 9.62. The van der Waals surface area contributed by atoms with Crippen LogP contribution in [0.5, 0.6) is 0 Å². The summed E-state index contributed by atoms with van der Waals surface area (Å²) in [6.07, 6.45) is -3.19. The van der Waals surface area contributed by atoms with E-state index in [0.717, 1.165) is 25.0 Å². The molecule has 0 aromatic heterocycles. The maximum Gasteiger partial charge on any atom is 0.416 e. The number of hydrogen-bond donors (Lipinski definition) is 2. The van der Waals surface area contributed by atoms with Crippen LogP contribution in [0, 0.1) is 5.92 Å². The number of carboxylic acids is 1. The molecular formula is C12H10F3NO3. The van der Waals surface area contributed by atoms with Crippen LogP contribution in [0.25, 0.3) is 0 Å². The number of rotatable bonds is 3. The predicted molar refractivity (Wildman–Crippen MR) is 59.8 cm³/mol. The summed E-state index contributed by atoms with van der Waals surface area (Å²) in [5.74, 6) is -2.04. The van der Waals surface area contributed by atoms with Crippen molar-refractivity contribution in [2.24, 2.45) is 5.92 Å². The molecule has 7 heteroatoms. The van der Waals surface area contributed by atoms with Crippen LogP contribution in [0.15, 0.2) is 18.2 Å². The number of amides is 1. The number of halogens is 3. The number of hydrogen-bond acceptors (Lipinski definition) is 2. The summed E-state index contributed by atoms with van der Waals surface area (Å²) in [5, 5.41) is 11.2. The highest BCUT2D eigenvalue weighted by Gasteiger charge is 2.33. The van der Waals surface area contributed by atoms with E-state index in [2.05, 4.69) is 5.32 Å². The lowest BCUT2D eigenvalue weighted by molar-refractivity contribution is -0.137. The Morgan fingerprint density at radius 2 is 1.89 bits per heavy atom. The minimum Gasteiger partial charge on any atom is -0.478 e. The second-order valence-electron chi connectivity index (χ2n) is 4.33. The number of carbonyl (C=O) groups is 2. The molecule has 1 fully saturated rings. The fraction of sp³-hybridized carbons (Fsp3) is 0.333. The van der Waals surface area contributed by atoms with Gasteiger partial charge in [0.25, 0.3) is 0 Å². The van der Waals surface area contributed by atoms with Crippen LogP contribution in [0.1, 0.15) is 28.8 Å². The van der Waals surface area contributed by atoms with Gasteiger partial charge in [-0.2, -0.15) is 13.2 Å². The standard InChI is InChI=1S/C12H10F3NO3/c13-12(14,15)7-3-4-9(8(5-7)11(18)19)16-10(17)6-1-2-6/h3-6H,1-2H2,(H,16,17)(H,18,19). The van der Waals surface area contributed by atoms with Crippen molar-refractivity contribution in [2.75, 3.05) is 5.32 Å². The summed E-state index contributed by atoms with van der Waals surface area (Å²) in [5.41, 5.74) is -1.74. The van der Waals surface area contributed by atoms with Crippen molar-refractivity contribution in [3.05, 3.63) is 29.3 Å². The number of aromatic carboxylic acids is 1. The zero-order chi connectivity index (χ0) is 14.2. The lowest BCUT2D eigenvalue weighted by Gasteiger charge is -2.12. The lowest BCUT2D eigenvalue weighted by Crippen LogP contribution is -2.17. The first-order valence-electron chi connectivity index (χ1n) is 5.54. The fourth-order valence-electron chi connectivity index (χ4n) is 1.59. The second kappa shape index (κ2) is 4.56. The molecule has 1 amide bonds. The molecule has 2 rings (SSSR count). The average Bonchev–Trinajstić information content (AvgIpc) is 3.11. The molecule has 1 aromatic rings. The van der Waals surface area contributed by atoms with Crippen molar-refractivity contribution in [3.8, 4) is 0 Å². The Balaban J connectivity index is 2.32. The van der Waals surface area contributed by atoms with E-state index in [0.29, 0.717) is 6.07 Å². The van der Waals surface area contributed by atoms with Crippen molar-refractivity contribution < 1.29 is 27.9 Å². The van der Waals surface area contributed by atoms with E-state index in [1.807, 2.05) is 0 Å². The molecule has 1 aliphatic rings. The molecule has 1 aromatic carbocycles. The first-order chi connectivity index (χ1) is 8.79. The third kappa shape index (κ3) is 3.04. The Kier molecular flexibility index (Phi) is 3.21. The molecule has 2 N–H and O–H groups in total. The summed E-state index contributed by atoms with van der Waals surface area (Å²) >= 11 is 0. The largest absolute Gasteiger partial charge is 0.478 e. The Hall–Kier alpha value is -2.05. The molecule has 1 aliphatic carbocycles.